The number of aryl methyl sites for hydroxylation is 1. The third-order valence-corrected chi connectivity index (χ3v) is 3.85. The van der Waals surface area contributed by atoms with Crippen molar-refractivity contribution < 1.29 is 19.2 Å². The molecule has 0 saturated carbocycles. The Morgan fingerprint density at radius 2 is 1.96 bits per heavy atom. The fraction of sp³-hybridized carbons (Fsp3) is 0.615. The minimum atomic E-state index is -0.671. The highest BCUT2D eigenvalue weighted by Gasteiger charge is 2.25. The molecule has 1 aromatic rings. The number of carbonyl (C=O) groups excluding carboxylic acids is 2. The van der Waals surface area contributed by atoms with Gasteiger partial charge in [-0.25, -0.2) is 4.79 Å². The summed E-state index contributed by atoms with van der Waals surface area (Å²) in [5, 5.41) is 14.3. The number of ether oxygens (including phenoxy) is 1. The number of piperazine rings is 1. The van der Waals surface area contributed by atoms with Crippen LogP contribution in [0.5, 0.6) is 0 Å². The molecular weight excluding hydrogens is 342 g/mol. The van der Waals surface area contributed by atoms with Crippen molar-refractivity contribution in [2.24, 2.45) is 0 Å². The molecule has 0 bridgehead atoms. The summed E-state index contributed by atoms with van der Waals surface area (Å²) in [7, 11) is 0. The fourth-order valence-corrected chi connectivity index (χ4v) is 2.57. The van der Waals surface area contributed by atoms with Gasteiger partial charge in [-0.05, 0) is 11.8 Å². The molecule has 11 heteroatoms. The van der Waals surface area contributed by atoms with E-state index < -0.39 is 10.7 Å². The zero-order valence-corrected chi connectivity index (χ0v) is 13.9. The normalized spacial score (nSPS) is 14.6. The van der Waals surface area contributed by atoms with E-state index >= 15 is 0 Å². The molecular formula is C13H18ClN5O5. The van der Waals surface area contributed by atoms with Crippen molar-refractivity contribution in [3.05, 3.63) is 21.3 Å². The largest absolute Gasteiger partial charge is 0.450 e. The third-order valence-electron chi connectivity index (χ3n) is 3.59. The molecule has 0 N–H and O–H groups in total. The first-order chi connectivity index (χ1) is 11.4. The second-order valence-electron chi connectivity index (χ2n) is 5.14. The summed E-state index contributed by atoms with van der Waals surface area (Å²) in [6, 6.07) is 0. The number of aromatic nitrogens is 2. The Balaban J connectivity index is 1.81. The predicted molar refractivity (Wildman–Crippen MR) is 83.7 cm³/mol. The van der Waals surface area contributed by atoms with Crippen LogP contribution in [0.2, 0.25) is 5.02 Å². The molecule has 2 amide bonds. The molecule has 132 valence electrons. The maximum atomic E-state index is 12.2. The SMILES string of the molecule is CCOC(=O)N1CCN(C(=O)CCn2cc(Cl)c([N+](=O)[O-])n2)CC1. The first-order valence-electron chi connectivity index (χ1n) is 7.49. The molecule has 0 aromatic carbocycles. The molecule has 1 aromatic heterocycles. The second kappa shape index (κ2) is 7.95. The maximum absolute atomic E-state index is 12.2. The molecule has 0 unspecified atom stereocenters. The van der Waals surface area contributed by atoms with E-state index in [1.807, 2.05) is 0 Å². The average molecular weight is 360 g/mol. The molecule has 24 heavy (non-hydrogen) atoms. The molecule has 1 aliphatic heterocycles. The Morgan fingerprint density at radius 1 is 1.33 bits per heavy atom. The Hall–Kier alpha value is -2.36. The van der Waals surface area contributed by atoms with Crippen molar-refractivity contribution in [1.82, 2.24) is 19.6 Å². The highest BCUT2D eigenvalue weighted by atomic mass is 35.5. The molecule has 0 aliphatic carbocycles. The first kappa shape index (κ1) is 18.0. The monoisotopic (exact) mass is 359 g/mol. The smallest absolute Gasteiger partial charge is 0.409 e. The van der Waals surface area contributed by atoms with Gasteiger partial charge in [-0.2, -0.15) is 4.68 Å². The van der Waals surface area contributed by atoms with Gasteiger partial charge in [0, 0.05) is 32.6 Å². The van der Waals surface area contributed by atoms with Crippen molar-refractivity contribution >= 4 is 29.4 Å². The van der Waals surface area contributed by atoms with E-state index in [0.29, 0.717) is 32.8 Å². The van der Waals surface area contributed by atoms with Crippen LogP contribution in [0.3, 0.4) is 0 Å². The van der Waals surface area contributed by atoms with Gasteiger partial charge in [0.2, 0.25) is 5.91 Å². The Labute approximate surface area is 143 Å². The van der Waals surface area contributed by atoms with Crippen LogP contribution in [-0.4, -0.2) is 69.3 Å². The molecule has 2 heterocycles. The molecule has 1 fully saturated rings. The molecule has 10 nitrogen and oxygen atoms in total. The lowest BCUT2D eigenvalue weighted by molar-refractivity contribution is -0.389. The number of carbonyl (C=O) groups is 2. The lowest BCUT2D eigenvalue weighted by Crippen LogP contribution is -2.50. The molecule has 1 saturated heterocycles. The summed E-state index contributed by atoms with van der Waals surface area (Å²) in [6.45, 7) is 3.95. The first-order valence-corrected chi connectivity index (χ1v) is 7.87. The van der Waals surface area contributed by atoms with E-state index in [1.165, 1.54) is 10.9 Å². The van der Waals surface area contributed by atoms with Crippen molar-refractivity contribution in [2.75, 3.05) is 32.8 Å². The maximum Gasteiger partial charge on any atom is 0.409 e. The number of nitrogens with zero attached hydrogens (tertiary/aromatic N) is 5. The lowest BCUT2D eigenvalue weighted by Gasteiger charge is -2.34. The lowest BCUT2D eigenvalue weighted by atomic mass is 10.3. The van der Waals surface area contributed by atoms with E-state index in [4.69, 9.17) is 16.3 Å². The van der Waals surface area contributed by atoms with Crippen LogP contribution in [0.25, 0.3) is 0 Å². The van der Waals surface area contributed by atoms with Gasteiger partial charge in [-0.3, -0.25) is 4.79 Å². The highest BCUT2D eigenvalue weighted by molar-refractivity contribution is 6.32. The van der Waals surface area contributed by atoms with Crippen LogP contribution in [0.15, 0.2) is 6.20 Å². The molecule has 0 spiro atoms. The minimum absolute atomic E-state index is 0.0597. The van der Waals surface area contributed by atoms with Gasteiger partial charge < -0.3 is 24.7 Å². The van der Waals surface area contributed by atoms with Gasteiger partial charge in [-0.15, -0.1) is 0 Å². The summed E-state index contributed by atoms with van der Waals surface area (Å²) >= 11 is 5.71. The van der Waals surface area contributed by atoms with Crippen LogP contribution in [0.4, 0.5) is 10.6 Å². The summed E-state index contributed by atoms with van der Waals surface area (Å²) in [4.78, 5) is 37.0. The molecule has 2 rings (SSSR count). The van der Waals surface area contributed by atoms with Gasteiger partial charge in [0.15, 0.2) is 5.02 Å². The van der Waals surface area contributed by atoms with E-state index in [2.05, 4.69) is 5.10 Å². The zero-order valence-electron chi connectivity index (χ0n) is 13.2. The number of hydrogen-bond acceptors (Lipinski definition) is 6. The van der Waals surface area contributed by atoms with Crippen molar-refractivity contribution in [3.63, 3.8) is 0 Å². The van der Waals surface area contributed by atoms with Crippen molar-refractivity contribution in [3.8, 4) is 0 Å². The van der Waals surface area contributed by atoms with Crippen LogP contribution in [0.1, 0.15) is 13.3 Å². The highest BCUT2D eigenvalue weighted by Crippen LogP contribution is 2.21. The summed E-state index contributed by atoms with van der Waals surface area (Å²) in [5.41, 5.74) is 0. The van der Waals surface area contributed by atoms with Crippen LogP contribution >= 0.6 is 11.6 Å². The van der Waals surface area contributed by atoms with Gasteiger partial charge >= 0.3 is 11.9 Å². The van der Waals surface area contributed by atoms with E-state index in [-0.39, 0.29) is 30.0 Å². The topological polar surface area (TPSA) is 111 Å². The Morgan fingerprint density at radius 3 is 2.50 bits per heavy atom. The van der Waals surface area contributed by atoms with Crippen LogP contribution in [0, 0.1) is 10.1 Å². The fourth-order valence-electron chi connectivity index (χ4n) is 2.35. The molecule has 0 radical (unpaired) electrons. The molecule has 1 aliphatic rings. The zero-order chi connectivity index (χ0) is 17.7. The van der Waals surface area contributed by atoms with Crippen molar-refractivity contribution in [2.45, 2.75) is 19.9 Å². The summed E-state index contributed by atoms with van der Waals surface area (Å²) < 4.78 is 6.20. The number of nitro groups is 1. The average Bonchev–Trinajstić information content (AvgIpc) is 2.94. The van der Waals surface area contributed by atoms with Gasteiger partial charge in [0.25, 0.3) is 0 Å². The second-order valence-corrected chi connectivity index (χ2v) is 5.54. The third kappa shape index (κ3) is 4.34. The predicted octanol–water partition coefficient (Wildman–Crippen LogP) is 1.14. The number of hydrogen-bond donors (Lipinski definition) is 0. The quantitative estimate of drug-likeness (QED) is 0.575. The van der Waals surface area contributed by atoms with E-state index in [1.54, 1.807) is 16.7 Å². The number of halogens is 1. The van der Waals surface area contributed by atoms with E-state index in [9.17, 15) is 19.7 Å². The van der Waals surface area contributed by atoms with Crippen LogP contribution < -0.4 is 0 Å². The summed E-state index contributed by atoms with van der Waals surface area (Å²) in [5.74, 6) is -0.528. The van der Waals surface area contributed by atoms with Crippen LogP contribution in [-0.2, 0) is 16.1 Å². The number of rotatable bonds is 5. The Bertz CT molecular complexity index is 626. The van der Waals surface area contributed by atoms with Crippen molar-refractivity contribution in [1.29, 1.82) is 0 Å². The minimum Gasteiger partial charge on any atom is -0.450 e. The Kier molecular flexibility index (Phi) is 5.96. The molecule has 0 atom stereocenters. The summed E-state index contributed by atoms with van der Waals surface area (Å²) in [6.07, 6.45) is 1.10. The number of amides is 2. The van der Waals surface area contributed by atoms with Gasteiger partial charge in [-0.1, -0.05) is 11.6 Å². The standard InChI is InChI=1S/C13H18ClN5O5/c1-2-24-13(21)17-7-5-16(6-8-17)11(20)3-4-18-9-10(14)12(15-18)19(22)23/h9H,2-8H2,1H3. The van der Waals surface area contributed by atoms with E-state index in [0.717, 1.165) is 0 Å². The van der Waals surface area contributed by atoms with Gasteiger partial charge in [0.05, 0.1) is 24.4 Å². The van der Waals surface area contributed by atoms with Gasteiger partial charge in [0.1, 0.15) is 0 Å².